The van der Waals surface area contributed by atoms with Crippen LogP contribution in [0.15, 0.2) is 30.5 Å². The molecule has 1 heterocycles. The number of aromatic nitrogens is 1. The summed E-state index contributed by atoms with van der Waals surface area (Å²) in [6.07, 6.45) is 6.61. The van der Waals surface area contributed by atoms with Crippen molar-refractivity contribution in [3.05, 3.63) is 30.5 Å². The van der Waals surface area contributed by atoms with Crippen LogP contribution in [0.25, 0.3) is 10.9 Å². The maximum Gasteiger partial charge on any atom is 0.322 e. The summed E-state index contributed by atoms with van der Waals surface area (Å²) in [6, 6.07) is 8.40. The zero-order valence-electron chi connectivity index (χ0n) is 13.4. The van der Waals surface area contributed by atoms with Crippen LogP contribution in [0.3, 0.4) is 0 Å². The minimum atomic E-state index is 0.0249. The molecular formula is C18H25N3O. The molecular weight excluding hydrogens is 274 g/mol. The van der Waals surface area contributed by atoms with Gasteiger partial charge in [-0.15, -0.1) is 0 Å². The first-order chi connectivity index (χ1) is 10.7. The van der Waals surface area contributed by atoms with Crippen molar-refractivity contribution < 1.29 is 4.79 Å². The number of carbonyl (C=O) groups is 1. The molecule has 4 nitrogen and oxygen atoms in total. The number of urea groups is 1. The van der Waals surface area contributed by atoms with Gasteiger partial charge in [0.25, 0.3) is 0 Å². The van der Waals surface area contributed by atoms with E-state index in [1.165, 1.54) is 12.8 Å². The molecule has 0 aliphatic heterocycles. The summed E-state index contributed by atoms with van der Waals surface area (Å²) in [4.78, 5) is 17.8. The number of amides is 2. The Hall–Kier alpha value is -1.97. The highest BCUT2D eigenvalue weighted by Gasteiger charge is 2.26. The molecule has 1 aliphatic carbocycles. The molecule has 1 saturated carbocycles. The van der Waals surface area contributed by atoms with Crippen LogP contribution in [0.4, 0.5) is 10.5 Å². The summed E-state index contributed by atoms with van der Waals surface area (Å²) in [7, 11) is 0. The molecule has 0 saturated heterocycles. The molecule has 0 bridgehead atoms. The van der Waals surface area contributed by atoms with Crippen LogP contribution < -0.4 is 5.32 Å². The fourth-order valence-corrected chi connectivity index (χ4v) is 3.45. The molecule has 0 atom stereocenters. The van der Waals surface area contributed by atoms with Gasteiger partial charge in [-0.3, -0.25) is 0 Å². The van der Waals surface area contributed by atoms with E-state index in [0.29, 0.717) is 6.04 Å². The molecule has 1 aromatic carbocycles. The van der Waals surface area contributed by atoms with Crippen molar-refractivity contribution in [2.45, 2.75) is 45.6 Å². The smallest absolute Gasteiger partial charge is 0.322 e. The number of hydrogen-bond donors (Lipinski definition) is 2. The van der Waals surface area contributed by atoms with Gasteiger partial charge in [-0.1, -0.05) is 6.92 Å². The summed E-state index contributed by atoms with van der Waals surface area (Å²) in [5, 5.41) is 4.17. The SMILES string of the molecule is CCN(C(=O)Nc1ccc2[nH]ccc2c1)C1CCC(C)CC1. The van der Waals surface area contributed by atoms with Gasteiger partial charge in [-0.05, 0) is 62.8 Å². The summed E-state index contributed by atoms with van der Waals surface area (Å²) < 4.78 is 0. The quantitative estimate of drug-likeness (QED) is 0.855. The van der Waals surface area contributed by atoms with Crippen molar-refractivity contribution >= 4 is 22.6 Å². The maximum atomic E-state index is 12.6. The Morgan fingerprint density at radius 1 is 1.27 bits per heavy atom. The Balaban J connectivity index is 1.68. The summed E-state index contributed by atoms with van der Waals surface area (Å²) in [5.74, 6) is 0.800. The molecule has 118 valence electrons. The minimum absolute atomic E-state index is 0.0249. The van der Waals surface area contributed by atoms with Crippen LogP contribution in [0.5, 0.6) is 0 Å². The van der Waals surface area contributed by atoms with Crippen LogP contribution in [0, 0.1) is 5.92 Å². The van der Waals surface area contributed by atoms with Crippen LogP contribution in [0.1, 0.15) is 39.5 Å². The number of anilines is 1. The topological polar surface area (TPSA) is 48.1 Å². The second-order valence-corrected chi connectivity index (χ2v) is 6.41. The molecule has 0 radical (unpaired) electrons. The number of carbonyl (C=O) groups excluding carboxylic acids is 1. The van der Waals surface area contributed by atoms with Crippen LogP contribution in [-0.4, -0.2) is 28.5 Å². The van der Waals surface area contributed by atoms with E-state index in [1.54, 1.807) is 0 Å². The number of nitrogens with zero attached hydrogens (tertiary/aromatic N) is 1. The van der Waals surface area contributed by atoms with Gasteiger partial charge in [0.1, 0.15) is 0 Å². The summed E-state index contributed by atoms with van der Waals surface area (Å²) in [5.41, 5.74) is 1.95. The number of hydrogen-bond acceptors (Lipinski definition) is 1. The van der Waals surface area contributed by atoms with E-state index in [4.69, 9.17) is 0 Å². The van der Waals surface area contributed by atoms with Crippen molar-refractivity contribution in [1.29, 1.82) is 0 Å². The number of rotatable bonds is 3. The lowest BCUT2D eigenvalue weighted by Crippen LogP contribution is -2.44. The molecule has 1 aromatic heterocycles. The first kappa shape index (κ1) is 14.9. The summed E-state index contributed by atoms with van der Waals surface area (Å²) in [6.45, 7) is 5.13. The van der Waals surface area contributed by atoms with Crippen molar-refractivity contribution in [3.8, 4) is 0 Å². The van der Waals surface area contributed by atoms with Gasteiger partial charge in [-0.2, -0.15) is 0 Å². The molecule has 0 unspecified atom stereocenters. The standard InChI is InChI=1S/C18H25N3O/c1-3-21(16-7-4-13(2)5-8-16)18(22)20-15-6-9-17-14(12-15)10-11-19-17/h6,9-13,16,19H,3-5,7-8H2,1-2H3,(H,20,22). The normalized spacial score (nSPS) is 21.7. The number of aromatic amines is 1. The van der Waals surface area contributed by atoms with Crippen LogP contribution in [-0.2, 0) is 0 Å². The highest BCUT2D eigenvalue weighted by molar-refractivity contribution is 5.93. The number of fused-ring (bicyclic) bond motifs is 1. The Morgan fingerprint density at radius 2 is 2.05 bits per heavy atom. The molecule has 2 aromatic rings. The zero-order valence-corrected chi connectivity index (χ0v) is 13.4. The third-order valence-electron chi connectivity index (χ3n) is 4.83. The molecule has 2 amide bonds. The largest absolute Gasteiger partial charge is 0.361 e. The van der Waals surface area contributed by atoms with Gasteiger partial charge in [-0.25, -0.2) is 4.79 Å². The van der Waals surface area contributed by atoms with Crippen molar-refractivity contribution in [2.75, 3.05) is 11.9 Å². The molecule has 0 spiro atoms. The van der Waals surface area contributed by atoms with E-state index in [1.807, 2.05) is 35.4 Å². The fourth-order valence-electron chi connectivity index (χ4n) is 3.45. The van der Waals surface area contributed by atoms with Crippen molar-refractivity contribution in [1.82, 2.24) is 9.88 Å². The van der Waals surface area contributed by atoms with Gasteiger partial charge in [0.2, 0.25) is 0 Å². The van der Waals surface area contributed by atoms with Crippen molar-refractivity contribution in [3.63, 3.8) is 0 Å². The van der Waals surface area contributed by atoms with Gasteiger partial charge in [0.15, 0.2) is 0 Å². The van der Waals surface area contributed by atoms with E-state index in [0.717, 1.165) is 41.9 Å². The van der Waals surface area contributed by atoms with E-state index in [9.17, 15) is 4.79 Å². The fraction of sp³-hybridized carbons (Fsp3) is 0.500. The first-order valence-corrected chi connectivity index (χ1v) is 8.32. The third-order valence-corrected chi connectivity index (χ3v) is 4.83. The number of H-pyrrole nitrogens is 1. The molecule has 22 heavy (non-hydrogen) atoms. The first-order valence-electron chi connectivity index (χ1n) is 8.32. The monoisotopic (exact) mass is 299 g/mol. The van der Waals surface area contributed by atoms with Crippen LogP contribution in [0.2, 0.25) is 0 Å². The van der Waals surface area contributed by atoms with Crippen LogP contribution >= 0.6 is 0 Å². The van der Waals surface area contributed by atoms with Gasteiger partial charge >= 0.3 is 6.03 Å². The van der Waals surface area contributed by atoms with Gasteiger partial charge < -0.3 is 15.2 Å². The molecule has 3 rings (SSSR count). The second kappa shape index (κ2) is 6.42. The number of nitrogens with one attached hydrogen (secondary N) is 2. The van der Waals surface area contributed by atoms with E-state index >= 15 is 0 Å². The maximum absolute atomic E-state index is 12.6. The van der Waals surface area contributed by atoms with E-state index in [2.05, 4.69) is 24.1 Å². The Bertz CT molecular complexity index is 641. The second-order valence-electron chi connectivity index (χ2n) is 6.41. The zero-order chi connectivity index (χ0) is 15.5. The molecule has 2 N–H and O–H groups in total. The average Bonchev–Trinajstić information content (AvgIpc) is 2.97. The van der Waals surface area contributed by atoms with Gasteiger partial charge in [0.05, 0.1) is 0 Å². The minimum Gasteiger partial charge on any atom is -0.361 e. The highest BCUT2D eigenvalue weighted by atomic mass is 16.2. The predicted molar refractivity (Wildman–Crippen MR) is 91.1 cm³/mol. The Morgan fingerprint density at radius 3 is 2.77 bits per heavy atom. The summed E-state index contributed by atoms with van der Waals surface area (Å²) >= 11 is 0. The lowest BCUT2D eigenvalue weighted by Gasteiger charge is -2.35. The lowest BCUT2D eigenvalue weighted by molar-refractivity contribution is 0.160. The van der Waals surface area contributed by atoms with E-state index in [-0.39, 0.29) is 6.03 Å². The predicted octanol–water partition coefficient (Wildman–Crippen LogP) is 4.60. The van der Waals surface area contributed by atoms with E-state index < -0.39 is 0 Å². The molecule has 4 heteroatoms. The highest BCUT2D eigenvalue weighted by Crippen LogP contribution is 2.27. The average molecular weight is 299 g/mol. The Labute approximate surface area is 131 Å². The third kappa shape index (κ3) is 3.11. The Kier molecular flexibility index (Phi) is 4.36. The van der Waals surface area contributed by atoms with Gasteiger partial charge in [0, 0.05) is 35.4 Å². The lowest BCUT2D eigenvalue weighted by atomic mass is 9.86. The van der Waals surface area contributed by atoms with Crippen molar-refractivity contribution in [2.24, 2.45) is 5.92 Å². The molecule has 1 fully saturated rings. The number of benzene rings is 1. The molecule has 1 aliphatic rings.